The maximum absolute atomic E-state index is 13.9. The number of sulfonamides is 2. The first kappa shape index (κ1) is 37.8. The van der Waals surface area contributed by atoms with Crippen LogP contribution < -0.4 is 14.2 Å². The fourth-order valence-electron chi connectivity index (χ4n) is 5.78. The van der Waals surface area contributed by atoms with Gasteiger partial charge in [-0.2, -0.15) is 4.31 Å². The van der Waals surface area contributed by atoms with Crippen molar-refractivity contribution >= 4 is 26.0 Å². The number of nitrogens with one attached hydrogen (secondary N) is 1. The highest BCUT2D eigenvalue weighted by Crippen LogP contribution is 2.34. The fraction of sp³-hybridized carbons (Fsp3) is 0.324. The number of hydrogen-bond donors (Lipinski definition) is 1. The molecule has 1 N–H and O–H groups in total. The molecule has 272 valence electrons. The number of rotatable bonds is 11. The molecule has 1 aliphatic heterocycles. The number of nitrogens with zero attached hydrogens (tertiary/aromatic N) is 1. The van der Waals surface area contributed by atoms with Crippen LogP contribution in [-0.2, 0) is 24.8 Å². The van der Waals surface area contributed by atoms with Crippen molar-refractivity contribution in [3.05, 3.63) is 108 Å². The van der Waals surface area contributed by atoms with Gasteiger partial charge in [0.15, 0.2) is 5.60 Å². The van der Waals surface area contributed by atoms with Crippen molar-refractivity contribution in [2.75, 3.05) is 13.1 Å². The van der Waals surface area contributed by atoms with Gasteiger partial charge < -0.3 is 9.47 Å². The lowest BCUT2D eigenvalue weighted by molar-refractivity contribution is -0.274. The predicted molar refractivity (Wildman–Crippen MR) is 186 cm³/mol. The van der Waals surface area contributed by atoms with Gasteiger partial charge in [0.2, 0.25) is 10.0 Å². The molecule has 0 saturated carbocycles. The van der Waals surface area contributed by atoms with E-state index in [9.17, 15) is 34.8 Å². The third-order valence-electron chi connectivity index (χ3n) is 8.61. The summed E-state index contributed by atoms with van der Waals surface area (Å²) in [6, 6.07) is 25.3. The monoisotopic (exact) mass is 744 g/mol. The molecule has 0 bridgehead atoms. The topological polar surface area (TPSA) is 119 Å². The van der Waals surface area contributed by atoms with Crippen LogP contribution in [0, 0.1) is 0 Å². The number of alkyl halides is 3. The van der Waals surface area contributed by atoms with E-state index in [-0.39, 0.29) is 23.1 Å². The highest BCUT2D eigenvalue weighted by Gasteiger charge is 2.35. The minimum absolute atomic E-state index is 0.176. The van der Waals surface area contributed by atoms with Crippen LogP contribution in [0.4, 0.5) is 13.2 Å². The summed E-state index contributed by atoms with van der Waals surface area (Å²) in [6.45, 7) is 7.56. The molecule has 1 amide bonds. The van der Waals surface area contributed by atoms with Gasteiger partial charge in [0.05, 0.1) is 9.79 Å². The predicted octanol–water partition coefficient (Wildman–Crippen LogP) is 7.61. The smallest absolute Gasteiger partial charge is 0.478 e. The lowest BCUT2D eigenvalue weighted by Crippen LogP contribution is -2.48. The van der Waals surface area contributed by atoms with Gasteiger partial charge in [-0.3, -0.25) is 4.79 Å². The molecule has 1 fully saturated rings. The first-order valence-corrected chi connectivity index (χ1v) is 19.2. The summed E-state index contributed by atoms with van der Waals surface area (Å²) < 4.78 is 104. The average molecular weight is 745 g/mol. The number of carbonyl (C=O) groups excluding carboxylic acids is 1. The first-order valence-electron chi connectivity index (χ1n) is 16.3. The van der Waals surface area contributed by atoms with E-state index in [4.69, 9.17) is 4.74 Å². The lowest BCUT2D eigenvalue weighted by atomic mass is 9.91. The quantitative estimate of drug-likeness (QED) is 0.168. The third kappa shape index (κ3) is 9.29. The molecule has 4 aromatic rings. The minimum Gasteiger partial charge on any atom is -0.478 e. The third-order valence-corrected chi connectivity index (χ3v) is 11.8. The zero-order valence-corrected chi connectivity index (χ0v) is 30.1. The van der Waals surface area contributed by atoms with Crippen LogP contribution in [-0.4, -0.2) is 52.1 Å². The van der Waals surface area contributed by atoms with Crippen molar-refractivity contribution in [3.8, 4) is 22.6 Å². The zero-order chi connectivity index (χ0) is 37.2. The fourth-order valence-corrected chi connectivity index (χ4v) is 8.45. The molecule has 5 rings (SSSR count). The maximum Gasteiger partial charge on any atom is 0.573 e. The van der Waals surface area contributed by atoms with Crippen LogP contribution >= 0.6 is 0 Å². The van der Waals surface area contributed by atoms with Crippen molar-refractivity contribution in [1.29, 1.82) is 0 Å². The normalized spacial score (nSPS) is 16.1. The van der Waals surface area contributed by atoms with E-state index in [0.29, 0.717) is 25.3 Å². The Bertz CT molecular complexity index is 2080. The largest absolute Gasteiger partial charge is 0.573 e. The van der Waals surface area contributed by atoms with Crippen molar-refractivity contribution in [3.63, 3.8) is 0 Å². The molecule has 1 heterocycles. The van der Waals surface area contributed by atoms with Crippen LogP contribution in [0.15, 0.2) is 107 Å². The van der Waals surface area contributed by atoms with E-state index in [1.54, 1.807) is 36.4 Å². The summed E-state index contributed by atoms with van der Waals surface area (Å²) in [5, 5.41) is 0. The Morgan fingerprint density at radius 1 is 0.804 bits per heavy atom. The number of benzene rings is 4. The summed E-state index contributed by atoms with van der Waals surface area (Å²) in [5.41, 5.74) is 2.01. The van der Waals surface area contributed by atoms with Gasteiger partial charge in [0.25, 0.3) is 15.9 Å². The summed E-state index contributed by atoms with van der Waals surface area (Å²) in [6.07, 6.45) is -3.61. The Morgan fingerprint density at radius 2 is 1.47 bits per heavy atom. The van der Waals surface area contributed by atoms with E-state index in [0.717, 1.165) is 41.0 Å². The first-order chi connectivity index (χ1) is 23.8. The van der Waals surface area contributed by atoms with E-state index >= 15 is 0 Å². The molecule has 4 aromatic carbocycles. The summed E-state index contributed by atoms with van der Waals surface area (Å²) in [7, 11) is -8.29. The molecule has 1 saturated heterocycles. The van der Waals surface area contributed by atoms with Crippen LogP contribution in [0.25, 0.3) is 11.1 Å². The van der Waals surface area contributed by atoms with Gasteiger partial charge >= 0.3 is 6.36 Å². The van der Waals surface area contributed by atoms with E-state index in [2.05, 4.69) is 18.6 Å². The molecule has 1 unspecified atom stereocenters. The Morgan fingerprint density at radius 3 is 2.12 bits per heavy atom. The molecule has 1 aliphatic rings. The van der Waals surface area contributed by atoms with Crippen molar-refractivity contribution in [2.24, 2.45) is 0 Å². The molecule has 14 heteroatoms. The summed E-state index contributed by atoms with van der Waals surface area (Å²) in [4.78, 5) is 12.8. The Labute approximate surface area is 296 Å². The van der Waals surface area contributed by atoms with Crippen molar-refractivity contribution < 1.29 is 44.3 Å². The molecule has 0 spiro atoms. The number of carbonyl (C=O) groups is 1. The standard InChI is InChI=1S/C37H39F3N2O7S2/c1-25(2)26-13-15-27(16-14-26)29-9-6-12-34(23-29)51(46,47)42-21-7-10-30(24-42)28-8-5-11-32(22-28)48-36(3,4)35(43)41-50(44,45)33-19-17-31(18-20-33)49-37(38,39)40/h5-6,8-9,11-20,22-23,25,30H,7,10,21,24H2,1-4H3,(H,41,43). The van der Waals surface area contributed by atoms with E-state index in [1.165, 1.54) is 23.7 Å². The Hall–Kier alpha value is -4.40. The number of piperidine rings is 1. The second-order valence-corrected chi connectivity index (χ2v) is 16.8. The zero-order valence-electron chi connectivity index (χ0n) is 28.5. The van der Waals surface area contributed by atoms with Gasteiger partial charge in [-0.15, -0.1) is 13.2 Å². The number of ether oxygens (including phenoxy) is 2. The number of amides is 1. The van der Waals surface area contributed by atoms with Crippen molar-refractivity contribution in [2.45, 2.75) is 74.1 Å². The Kier molecular flexibility index (Phi) is 10.9. The molecule has 0 aromatic heterocycles. The molecule has 0 radical (unpaired) electrons. The average Bonchev–Trinajstić information content (AvgIpc) is 3.07. The highest BCUT2D eigenvalue weighted by molar-refractivity contribution is 7.90. The second-order valence-electron chi connectivity index (χ2n) is 13.1. The van der Waals surface area contributed by atoms with Crippen molar-refractivity contribution in [1.82, 2.24) is 9.03 Å². The molecular formula is C37H39F3N2O7S2. The van der Waals surface area contributed by atoms with Crippen LogP contribution in [0.1, 0.15) is 63.5 Å². The van der Waals surface area contributed by atoms with Gasteiger partial charge in [-0.1, -0.05) is 62.4 Å². The summed E-state index contributed by atoms with van der Waals surface area (Å²) in [5.74, 6) is -1.17. The molecule has 9 nitrogen and oxygen atoms in total. The molecule has 1 atom stereocenters. The highest BCUT2D eigenvalue weighted by atomic mass is 32.2. The van der Waals surface area contributed by atoms with Gasteiger partial charge in [-0.25, -0.2) is 21.6 Å². The molecule has 51 heavy (non-hydrogen) atoms. The van der Waals surface area contributed by atoms with Crippen LogP contribution in [0.5, 0.6) is 11.5 Å². The second kappa shape index (κ2) is 14.7. The van der Waals surface area contributed by atoms with Gasteiger partial charge in [-0.05, 0) is 109 Å². The SMILES string of the molecule is CC(C)c1ccc(-c2cccc(S(=O)(=O)N3CCCC(c4cccc(OC(C)(C)C(=O)NS(=O)(=O)c5ccc(OC(F)(F)F)cc5)c4)C3)c2)cc1. The lowest BCUT2D eigenvalue weighted by Gasteiger charge is -2.32. The molecular weight excluding hydrogens is 706 g/mol. The van der Waals surface area contributed by atoms with E-state index < -0.39 is 48.6 Å². The minimum atomic E-state index is -4.95. The van der Waals surface area contributed by atoms with Gasteiger partial charge in [0, 0.05) is 13.1 Å². The molecule has 0 aliphatic carbocycles. The number of hydrogen-bond acceptors (Lipinski definition) is 7. The van der Waals surface area contributed by atoms with Crippen LogP contribution in [0.3, 0.4) is 0 Å². The maximum atomic E-state index is 13.9. The number of halogens is 3. The summed E-state index contributed by atoms with van der Waals surface area (Å²) >= 11 is 0. The Balaban J connectivity index is 1.26. The van der Waals surface area contributed by atoms with Gasteiger partial charge in [0.1, 0.15) is 11.5 Å². The van der Waals surface area contributed by atoms with E-state index in [1.807, 2.05) is 41.1 Å². The van der Waals surface area contributed by atoms with Crippen LogP contribution in [0.2, 0.25) is 0 Å².